The van der Waals surface area contributed by atoms with Gasteiger partial charge < -0.3 is 0 Å². The zero-order valence-electron chi connectivity index (χ0n) is 7.77. The third-order valence-corrected chi connectivity index (χ3v) is 2.42. The van der Waals surface area contributed by atoms with Gasteiger partial charge in [-0.3, -0.25) is 0 Å². The second-order valence-corrected chi connectivity index (χ2v) is 3.74. The van der Waals surface area contributed by atoms with E-state index in [9.17, 15) is 4.39 Å². The van der Waals surface area contributed by atoms with Crippen LogP contribution in [-0.2, 0) is 0 Å². The van der Waals surface area contributed by atoms with Crippen LogP contribution in [0.5, 0.6) is 0 Å². The third kappa shape index (κ3) is 3.47. The van der Waals surface area contributed by atoms with Crippen LogP contribution in [0.4, 0.5) is 4.39 Å². The topological polar surface area (TPSA) is 0 Å². The zero-order chi connectivity index (χ0) is 10.4. The maximum atomic E-state index is 12.7. The first-order valence-corrected chi connectivity index (χ1v) is 5.57. The van der Waals surface area contributed by atoms with Gasteiger partial charge in [-0.2, -0.15) is 0 Å². The van der Waals surface area contributed by atoms with E-state index in [4.69, 9.17) is 23.2 Å². The number of benzene rings is 1. The van der Waals surface area contributed by atoms with Crippen LogP contribution in [-0.4, -0.2) is 11.8 Å². The van der Waals surface area contributed by atoms with Crippen molar-refractivity contribution < 1.29 is 4.39 Å². The van der Waals surface area contributed by atoms with Crippen molar-refractivity contribution in [2.45, 2.75) is 12.8 Å². The summed E-state index contributed by atoms with van der Waals surface area (Å²) in [6, 6.07) is 6.45. The Hall–Kier alpha value is -0.270. The summed E-state index contributed by atoms with van der Waals surface area (Å²) in [5.74, 6) is 2.12. The van der Waals surface area contributed by atoms with Gasteiger partial charge >= 0.3 is 0 Å². The molecule has 0 aliphatic carbocycles. The second-order valence-electron chi connectivity index (χ2n) is 2.99. The van der Waals surface area contributed by atoms with E-state index >= 15 is 0 Å². The van der Waals surface area contributed by atoms with E-state index in [1.807, 2.05) is 0 Å². The van der Waals surface area contributed by atoms with Crippen LogP contribution in [0.3, 0.4) is 0 Å². The van der Waals surface area contributed by atoms with Gasteiger partial charge in [0.1, 0.15) is 5.82 Å². The van der Waals surface area contributed by atoms with Crippen LogP contribution in [0.1, 0.15) is 18.4 Å². The molecule has 0 aromatic heterocycles. The Balaban J connectivity index is 2.71. The molecule has 0 N–H and O–H groups in total. The van der Waals surface area contributed by atoms with Crippen LogP contribution in [0, 0.1) is 11.7 Å². The summed E-state index contributed by atoms with van der Waals surface area (Å²) in [5, 5.41) is 0. The van der Waals surface area contributed by atoms with E-state index in [1.54, 1.807) is 12.1 Å². The molecule has 0 nitrogen and oxygen atoms in total. The molecule has 14 heavy (non-hydrogen) atoms. The Bertz CT molecular complexity index is 252. The molecule has 1 rings (SSSR count). The monoisotopic (exact) mass is 233 g/mol. The van der Waals surface area contributed by atoms with Crippen molar-refractivity contribution in [2.24, 2.45) is 0 Å². The SMILES string of the molecule is Fc1ccc([C](CCCl)CCCl)cc1. The number of rotatable bonds is 5. The van der Waals surface area contributed by atoms with Crippen molar-refractivity contribution in [1.29, 1.82) is 0 Å². The molecule has 0 aliphatic heterocycles. The van der Waals surface area contributed by atoms with Gasteiger partial charge in [-0.25, -0.2) is 4.39 Å². The van der Waals surface area contributed by atoms with Gasteiger partial charge in [0.05, 0.1) is 0 Å². The summed E-state index contributed by atoms with van der Waals surface area (Å²) in [4.78, 5) is 0. The molecule has 0 saturated carbocycles. The predicted molar refractivity (Wildman–Crippen MR) is 59.4 cm³/mol. The van der Waals surface area contributed by atoms with Crippen LogP contribution in [0.25, 0.3) is 0 Å². The smallest absolute Gasteiger partial charge is 0.123 e. The summed E-state index contributed by atoms with van der Waals surface area (Å²) in [6.45, 7) is 0. The molecule has 77 valence electrons. The average molecular weight is 234 g/mol. The van der Waals surface area contributed by atoms with E-state index in [2.05, 4.69) is 0 Å². The largest absolute Gasteiger partial charge is 0.207 e. The lowest BCUT2D eigenvalue weighted by molar-refractivity contribution is 0.627. The van der Waals surface area contributed by atoms with E-state index in [-0.39, 0.29) is 5.82 Å². The first-order valence-electron chi connectivity index (χ1n) is 4.50. The number of halogens is 3. The Morgan fingerprint density at radius 1 is 1.00 bits per heavy atom. The van der Waals surface area contributed by atoms with Crippen molar-refractivity contribution in [3.8, 4) is 0 Å². The highest BCUT2D eigenvalue weighted by Gasteiger charge is 2.10. The molecular weight excluding hydrogens is 222 g/mol. The lowest BCUT2D eigenvalue weighted by Crippen LogP contribution is -2.02. The maximum absolute atomic E-state index is 12.7. The maximum Gasteiger partial charge on any atom is 0.123 e. The lowest BCUT2D eigenvalue weighted by Gasteiger charge is -2.13. The van der Waals surface area contributed by atoms with E-state index in [0.717, 1.165) is 18.4 Å². The fraction of sp³-hybridized carbons (Fsp3) is 0.364. The Morgan fingerprint density at radius 2 is 1.50 bits per heavy atom. The molecule has 0 atom stereocenters. The lowest BCUT2D eigenvalue weighted by atomic mass is 9.94. The van der Waals surface area contributed by atoms with Gasteiger partial charge in [-0.05, 0) is 30.5 Å². The molecule has 0 saturated heterocycles. The zero-order valence-corrected chi connectivity index (χ0v) is 9.28. The van der Waals surface area contributed by atoms with Gasteiger partial charge in [0, 0.05) is 17.7 Å². The summed E-state index contributed by atoms with van der Waals surface area (Å²) in [7, 11) is 0. The summed E-state index contributed by atoms with van der Waals surface area (Å²) in [6.07, 6.45) is 1.61. The summed E-state index contributed by atoms with van der Waals surface area (Å²) >= 11 is 11.4. The molecule has 0 aliphatic rings. The minimum atomic E-state index is -0.218. The van der Waals surface area contributed by atoms with E-state index in [1.165, 1.54) is 18.1 Å². The van der Waals surface area contributed by atoms with Crippen molar-refractivity contribution >= 4 is 23.2 Å². The fourth-order valence-electron chi connectivity index (χ4n) is 1.33. The first kappa shape index (κ1) is 11.8. The van der Waals surface area contributed by atoms with Crippen LogP contribution in [0.15, 0.2) is 24.3 Å². The van der Waals surface area contributed by atoms with Gasteiger partial charge in [-0.15, -0.1) is 23.2 Å². The van der Waals surface area contributed by atoms with E-state index in [0.29, 0.717) is 11.8 Å². The minimum Gasteiger partial charge on any atom is -0.207 e. The van der Waals surface area contributed by atoms with Crippen LogP contribution >= 0.6 is 23.2 Å². The molecule has 0 unspecified atom stereocenters. The first-order chi connectivity index (χ1) is 6.77. The highest BCUT2D eigenvalue weighted by molar-refractivity contribution is 6.18. The molecule has 0 amide bonds. The predicted octanol–water partition coefficient (Wildman–Crippen LogP) is 4.01. The minimum absolute atomic E-state index is 0.218. The van der Waals surface area contributed by atoms with Crippen LogP contribution in [0.2, 0.25) is 0 Å². The Kier molecular flexibility index (Phi) is 5.28. The average Bonchev–Trinajstić information content (AvgIpc) is 2.19. The number of hydrogen-bond donors (Lipinski definition) is 0. The molecule has 3 heteroatoms. The number of alkyl halides is 2. The van der Waals surface area contributed by atoms with Crippen molar-refractivity contribution in [3.05, 3.63) is 41.6 Å². The van der Waals surface area contributed by atoms with Gasteiger partial charge in [0.25, 0.3) is 0 Å². The molecule has 1 aromatic carbocycles. The molecule has 0 fully saturated rings. The highest BCUT2D eigenvalue weighted by atomic mass is 35.5. The highest BCUT2D eigenvalue weighted by Crippen LogP contribution is 2.23. The van der Waals surface area contributed by atoms with Crippen molar-refractivity contribution in [3.63, 3.8) is 0 Å². The fourth-order valence-corrected chi connectivity index (χ4v) is 1.78. The Labute approximate surface area is 94.0 Å². The summed E-state index contributed by atoms with van der Waals surface area (Å²) < 4.78 is 12.7. The molecule has 0 heterocycles. The van der Waals surface area contributed by atoms with Gasteiger partial charge in [0.15, 0.2) is 0 Å². The quantitative estimate of drug-likeness (QED) is 0.675. The molecule has 0 bridgehead atoms. The third-order valence-electron chi connectivity index (χ3n) is 2.05. The van der Waals surface area contributed by atoms with Crippen LogP contribution < -0.4 is 0 Å². The Morgan fingerprint density at radius 3 is 1.93 bits per heavy atom. The van der Waals surface area contributed by atoms with Gasteiger partial charge in [-0.1, -0.05) is 12.1 Å². The molecular formula is C11H12Cl2F. The van der Waals surface area contributed by atoms with E-state index < -0.39 is 0 Å². The molecule has 1 radical (unpaired) electrons. The van der Waals surface area contributed by atoms with Crippen molar-refractivity contribution in [1.82, 2.24) is 0 Å². The molecule has 0 spiro atoms. The van der Waals surface area contributed by atoms with Crippen molar-refractivity contribution in [2.75, 3.05) is 11.8 Å². The second kappa shape index (κ2) is 6.26. The summed E-state index contributed by atoms with van der Waals surface area (Å²) in [5.41, 5.74) is 1.03. The number of hydrogen-bond acceptors (Lipinski definition) is 0. The standard InChI is InChI=1S/C11H12Cl2F/c12-7-5-10(6-8-13)9-1-3-11(14)4-2-9/h1-4H,5-8H2. The molecule has 1 aromatic rings. The normalized spacial score (nSPS) is 10.9. The van der Waals surface area contributed by atoms with Gasteiger partial charge in [0.2, 0.25) is 0 Å².